The summed E-state index contributed by atoms with van der Waals surface area (Å²) in [5.74, 6) is 0.00614. The maximum Gasteiger partial charge on any atom is 0.347 e. The zero-order chi connectivity index (χ0) is 18.9. The van der Waals surface area contributed by atoms with E-state index < -0.39 is 6.10 Å². The van der Waals surface area contributed by atoms with E-state index in [1.165, 1.54) is 0 Å². The van der Waals surface area contributed by atoms with Crippen molar-refractivity contribution in [1.29, 1.82) is 0 Å². The SMILES string of the molecule is CCOC(=O)CN1CCC[C@H](OC(=O)[C@H](C)Oc2ccc(SC)cc2)C1. The van der Waals surface area contributed by atoms with Crippen LogP contribution in [0.1, 0.15) is 26.7 Å². The van der Waals surface area contributed by atoms with Crippen LogP contribution in [0.25, 0.3) is 0 Å². The molecule has 0 radical (unpaired) electrons. The van der Waals surface area contributed by atoms with Gasteiger partial charge in [0.05, 0.1) is 13.2 Å². The standard InChI is InChI=1S/C19H27NO5S/c1-4-23-18(21)13-20-11-5-6-16(12-20)25-19(22)14(2)24-15-7-9-17(26-3)10-8-15/h7-10,14,16H,4-6,11-13H2,1-3H3/t14-,16-/m0/s1. The van der Waals surface area contributed by atoms with Crippen LogP contribution < -0.4 is 4.74 Å². The van der Waals surface area contributed by atoms with Crippen molar-refractivity contribution in [3.8, 4) is 5.75 Å². The zero-order valence-electron chi connectivity index (χ0n) is 15.6. The summed E-state index contributed by atoms with van der Waals surface area (Å²) >= 11 is 1.65. The Hall–Kier alpha value is -1.73. The number of benzene rings is 1. The molecular weight excluding hydrogens is 354 g/mol. The van der Waals surface area contributed by atoms with E-state index in [2.05, 4.69) is 0 Å². The van der Waals surface area contributed by atoms with Crippen LogP contribution in [-0.2, 0) is 19.1 Å². The molecule has 144 valence electrons. The van der Waals surface area contributed by atoms with E-state index in [4.69, 9.17) is 14.2 Å². The molecule has 0 N–H and O–H groups in total. The molecule has 1 aliphatic heterocycles. The van der Waals surface area contributed by atoms with E-state index in [0.29, 0.717) is 18.9 Å². The first kappa shape index (κ1) is 20.6. The summed E-state index contributed by atoms with van der Waals surface area (Å²) in [6.07, 6.45) is 2.76. The Balaban J connectivity index is 1.80. The fourth-order valence-electron chi connectivity index (χ4n) is 2.81. The average molecular weight is 381 g/mol. The number of hydrogen-bond acceptors (Lipinski definition) is 7. The molecule has 1 heterocycles. The van der Waals surface area contributed by atoms with Crippen molar-refractivity contribution in [2.24, 2.45) is 0 Å². The van der Waals surface area contributed by atoms with Crippen LogP contribution in [0.15, 0.2) is 29.2 Å². The van der Waals surface area contributed by atoms with Gasteiger partial charge >= 0.3 is 11.9 Å². The van der Waals surface area contributed by atoms with Crippen LogP contribution in [-0.4, -0.2) is 61.5 Å². The molecule has 0 aliphatic carbocycles. The van der Waals surface area contributed by atoms with E-state index in [9.17, 15) is 9.59 Å². The molecule has 1 fully saturated rings. The summed E-state index contributed by atoms with van der Waals surface area (Å²) in [5, 5.41) is 0. The number of nitrogens with zero attached hydrogens (tertiary/aromatic N) is 1. The van der Waals surface area contributed by atoms with Gasteiger partial charge in [-0.25, -0.2) is 4.79 Å². The van der Waals surface area contributed by atoms with Crippen LogP contribution in [0.4, 0.5) is 0 Å². The molecular formula is C19H27NO5S. The summed E-state index contributed by atoms with van der Waals surface area (Å²) in [6.45, 7) is 5.42. The van der Waals surface area contributed by atoms with Gasteiger partial charge in [-0.05, 0) is 63.8 Å². The second-order valence-electron chi connectivity index (χ2n) is 6.18. The lowest BCUT2D eigenvalue weighted by Gasteiger charge is -2.32. The minimum absolute atomic E-state index is 0.226. The van der Waals surface area contributed by atoms with Gasteiger partial charge in [0.15, 0.2) is 6.10 Å². The Morgan fingerprint density at radius 2 is 2.04 bits per heavy atom. The van der Waals surface area contributed by atoms with Gasteiger partial charge in [-0.2, -0.15) is 0 Å². The lowest BCUT2D eigenvalue weighted by Crippen LogP contribution is -2.44. The number of carbonyl (C=O) groups excluding carboxylic acids is 2. The number of carbonyl (C=O) groups is 2. The van der Waals surface area contributed by atoms with E-state index >= 15 is 0 Å². The summed E-state index contributed by atoms with van der Waals surface area (Å²) in [5.41, 5.74) is 0. The average Bonchev–Trinajstić information content (AvgIpc) is 2.62. The van der Waals surface area contributed by atoms with Crippen LogP contribution in [0.3, 0.4) is 0 Å². The largest absolute Gasteiger partial charge is 0.479 e. The van der Waals surface area contributed by atoms with Crippen molar-refractivity contribution >= 4 is 23.7 Å². The summed E-state index contributed by atoms with van der Waals surface area (Å²) < 4.78 is 16.2. The van der Waals surface area contributed by atoms with Crippen LogP contribution in [0, 0.1) is 0 Å². The summed E-state index contributed by atoms with van der Waals surface area (Å²) in [4.78, 5) is 27.0. The Labute approximate surface area is 159 Å². The molecule has 7 heteroatoms. The first-order valence-electron chi connectivity index (χ1n) is 8.91. The van der Waals surface area contributed by atoms with Crippen molar-refractivity contribution in [1.82, 2.24) is 4.90 Å². The quantitative estimate of drug-likeness (QED) is 0.507. The minimum Gasteiger partial charge on any atom is -0.479 e. The lowest BCUT2D eigenvalue weighted by molar-refractivity contribution is -0.159. The second kappa shape index (κ2) is 10.4. The number of hydrogen-bond donors (Lipinski definition) is 0. The fourth-order valence-corrected chi connectivity index (χ4v) is 3.22. The van der Waals surface area contributed by atoms with Gasteiger partial charge in [0.1, 0.15) is 11.9 Å². The van der Waals surface area contributed by atoms with E-state index in [1.54, 1.807) is 25.6 Å². The van der Waals surface area contributed by atoms with Crippen LogP contribution >= 0.6 is 11.8 Å². The molecule has 0 unspecified atom stereocenters. The number of ether oxygens (including phenoxy) is 3. The van der Waals surface area contributed by atoms with Gasteiger partial charge in [0, 0.05) is 11.4 Å². The molecule has 2 atom stereocenters. The lowest BCUT2D eigenvalue weighted by atomic mass is 10.1. The van der Waals surface area contributed by atoms with Gasteiger partial charge in [-0.3, -0.25) is 9.69 Å². The van der Waals surface area contributed by atoms with Crippen molar-refractivity contribution in [2.45, 2.75) is 43.8 Å². The third-order valence-electron chi connectivity index (χ3n) is 4.11. The molecule has 1 saturated heterocycles. The normalized spacial score (nSPS) is 18.8. The first-order chi connectivity index (χ1) is 12.5. The maximum atomic E-state index is 12.3. The number of piperidine rings is 1. The Bertz CT molecular complexity index is 592. The number of esters is 2. The third-order valence-corrected chi connectivity index (χ3v) is 4.85. The predicted molar refractivity (Wildman–Crippen MR) is 101 cm³/mol. The van der Waals surface area contributed by atoms with E-state index in [1.807, 2.05) is 35.4 Å². The van der Waals surface area contributed by atoms with Gasteiger partial charge in [0.25, 0.3) is 0 Å². The first-order valence-corrected chi connectivity index (χ1v) is 10.1. The molecule has 1 aromatic carbocycles. The highest BCUT2D eigenvalue weighted by Gasteiger charge is 2.27. The topological polar surface area (TPSA) is 65.1 Å². The molecule has 0 aromatic heterocycles. The third kappa shape index (κ3) is 6.53. The van der Waals surface area contributed by atoms with Gasteiger partial charge in [-0.1, -0.05) is 0 Å². The van der Waals surface area contributed by atoms with Gasteiger partial charge in [-0.15, -0.1) is 11.8 Å². The van der Waals surface area contributed by atoms with Crippen molar-refractivity contribution in [3.63, 3.8) is 0 Å². The number of rotatable bonds is 8. The molecule has 26 heavy (non-hydrogen) atoms. The molecule has 2 rings (SSSR count). The van der Waals surface area contributed by atoms with E-state index in [0.717, 1.165) is 24.3 Å². The molecule has 0 amide bonds. The summed E-state index contributed by atoms with van der Waals surface area (Å²) in [7, 11) is 0. The van der Waals surface area contributed by atoms with Crippen LogP contribution in [0.5, 0.6) is 5.75 Å². The second-order valence-corrected chi connectivity index (χ2v) is 7.06. The highest BCUT2D eigenvalue weighted by Crippen LogP contribution is 2.20. The molecule has 0 spiro atoms. The van der Waals surface area contributed by atoms with Crippen LogP contribution in [0.2, 0.25) is 0 Å². The van der Waals surface area contributed by atoms with Crippen molar-refractivity contribution in [3.05, 3.63) is 24.3 Å². The highest BCUT2D eigenvalue weighted by molar-refractivity contribution is 7.98. The molecule has 1 aromatic rings. The molecule has 0 saturated carbocycles. The number of thioether (sulfide) groups is 1. The molecule has 1 aliphatic rings. The Kier molecular flexibility index (Phi) is 8.25. The van der Waals surface area contributed by atoms with Gasteiger partial charge < -0.3 is 14.2 Å². The van der Waals surface area contributed by atoms with Gasteiger partial charge in [0.2, 0.25) is 0 Å². The number of likely N-dealkylation sites (tertiary alicyclic amines) is 1. The smallest absolute Gasteiger partial charge is 0.347 e. The summed E-state index contributed by atoms with van der Waals surface area (Å²) in [6, 6.07) is 7.59. The highest BCUT2D eigenvalue weighted by atomic mass is 32.2. The predicted octanol–water partition coefficient (Wildman–Crippen LogP) is 2.75. The van der Waals surface area contributed by atoms with Crippen molar-refractivity contribution < 1.29 is 23.8 Å². The zero-order valence-corrected chi connectivity index (χ0v) is 16.4. The monoisotopic (exact) mass is 381 g/mol. The minimum atomic E-state index is -0.685. The Morgan fingerprint density at radius 1 is 1.31 bits per heavy atom. The van der Waals surface area contributed by atoms with Crippen molar-refractivity contribution in [2.75, 3.05) is 32.5 Å². The Morgan fingerprint density at radius 3 is 2.69 bits per heavy atom. The molecule has 6 nitrogen and oxygen atoms in total. The maximum absolute atomic E-state index is 12.3. The fraction of sp³-hybridized carbons (Fsp3) is 0.579. The van der Waals surface area contributed by atoms with E-state index in [-0.39, 0.29) is 24.6 Å². The molecule has 0 bridgehead atoms.